The van der Waals surface area contributed by atoms with E-state index in [0.29, 0.717) is 6.04 Å². The van der Waals surface area contributed by atoms with E-state index in [1.54, 1.807) is 0 Å². The standard InChI is InChI=1S/C17H26BrN/c1-4-19-17(14-6-5-7-16(18)11-14)15-9-8-12(2)13(3)10-15/h5-7,11-13,15,17,19H,4,8-10H2,1-3H3. The molecule has 4 unspecified atom stereocenters. The van der Waals surface area contributed by atoms with Crippen LogP contribution in [-0.4, -0.2) is 6.54 Å². The number of rotatable bonds is 4. The van der Waals surface area contributed by atoms with Gasteiger partial charge in [0.25, 0.3) is 0 Å². The second kappa shape index (κ2) is 6.90. The van der Waals surface area contributed by atoms with Gasteiger partial charge in [-0.1, -0.05) is 55.3 Å². The van der Waals surface area contributed by atoms with Crippen LogP contribution in [0.4, 0.5) is 0 Å². The van der Waals surface area contributed by atoms with Crippen LogP contribution < -0.4 is 5.32 Å². The quantitative estimate of drug-likeness (QED) is 0.805. The predicted molar refractivity (Wildman–Crippen MR) is 86.2 cm³/mol. The van der Waals surface area contributed by atoms with Crippen molar-refractivity contribution in [1.82, 2.24) is 5.32 Å². The molecule has 1 aromatic carbocycles. The Labute approximate surface area is 126 Å². The molecule has 1 aromatic rings. The molecule has 1 saturated carbocycles. The van der Waals surface area contributed by atoms with Gasteiger partial charge in [-0.05, 0) is 54.8 Å². The van der Waals surface area contributed by atoms with Crippen LogP contribution in [0.5, 0.6) is 0 Å². The van der Waals surface area contributed by atoms with Gasteiger partial charge in [0.15, 0.2) is 0 Å². The third kappa shape index (κ3) is 3.82. The van der Waals surface area contributed by atoms with Crippen molar-refractivity contribution in [1.29, 1.82) is 0 Å². The van der Waals surface area contributed by atoms with E-state index in [-0.39, 0.29) is 0 Å². The third-order valence-electron chi connectivity index (χ3n) is 4.74. The Morgan fingerprint density at radius 3 is 2.68 bits per heavy atom. The van der Waals surface area contributed by atoms with Crippen molar-refractivity contribution in [3.05, 3.63) is 34.3 Å². The maximum Gasteiger partial charge on any atom is 0.0349 e. The first kappa shape index (κ1) is 15.1. The molecule has 0 spiro atoms. The van der Waals surface area contributed by atoms with Crippen LogP contribution in [0.1, 0.15) is 51.6 Å². The summed E-state index contributed by atoms with van der Waals surface area (Å²) in [4.78, 5) is 0. The molecule has 1 nitrogen and oxygen atoms in total. The van der Waals surface area contributed by atoms with Gasteiger partial charge in [0.2, 0.25) is 0 Å². The number of halogens is 1. The SMILES string of the molecule is CCNC(c1cccc(Br)c1)C1CCC(C)C(C)C1. The van der Waals surface area contributed by atoms with E-state index in [2.05, 4.69) is 66.3 Å². The molecule has 0 aromatic heterocycles. The molecule has 0 aliphatic heterocycles. The van der Waals surface area contributed by atoms with E-state index < -0.39 is 0 Å². The molecular weight excluding hydrogens is 298 g/mol. The first-order valence-corrected chi connectivity index (χ1v) is 8.40. The predicted octanol–water partition coefficient (Wildman–Crippen LogP) is 5.17. The minimum atomic E-state index is 0.512. The maximum atomic E-state index is 3.71. The zero-order valence-electron chi connectivity index (χ0n) is 12.3. The lowest BCUT2D eigenvalue weighted by molar-refractivity contribution is 0.172. The maximum absolute atomic E-state index is 3.71. The van der Waals surface area contributed by atoms with Crippen LogP contribution in [0, 0.1) is 17.8 Å². The van der Waals surface area contributed by atoms with Crippen molar-refractivity contribution in [3.8, 4) is 0 Å². The molecule has 0 radical (unpaired) electrons. The summed E-state index contributed by atoms with van der Waals surface area (Å²) in [5, 5.41) is 3.71. The summed E-state index contributed by atoms with van der Waals surface area (Å²) in [7, 11) is 0. The van der Waals surface area contributed by atoms with Crippen LogP contribution in [0.2, 0.25) is 0 Å². The summed E-state index contributed by atoms with van der Waals surface area (Å²) in [6, 6.07) is 9.31. The highest BCUT2D eigenvalue weighted by Gasteiger charge is 2.30. The Balaban J connectivity index is 2.16. The van der Waals surface area contributed by atoms with Crippen molar-refractivity contribution in [3.63, 3.8) is 0 Å². The second-order valence-electron chi connectivity index (χ2n) is 6.12. The molecule has 1 N–H and O–H groups in total. The monoisotopic (exact) mass is 323 g/mol. The van der Waals surface area contributed by atoms with Crippen molar-refractivity contribution in [2.24, 2.45) is 17.8 Å². The molecule has 4 atom stereocenters. The van der Waals surface area contributed by atoms with E-state index >= 15 is 0 Å². The fourth-order valence-corrected chi connectivity index (χ4v) is 3.79. The fourth-order valence-electron chi connectivity index (χ4n) is 3.37. The topological polar surface area (TPSA) is 12.0 Å². The lowest BCUT2D eigenvalue weighted by Crippen LogP contribution is -2.33. The van der Waals surface area contributed by atoms with E-state index in [9.17, 15) is 0 Å². The molecule has 2 heteroatoms. The Kier molecular flexibility index (Phi) is 5.47. The van der Waals surface area contributed by atoms with Crippen molar-refractivity contribution < 1.29 is 0 Å². The first-order valence-electron chi connectivity index (χ1n) is 7.60. The Bertz CT molecular complexity index is 404. The first-order chi connectivity index (χ1) is 9.11. The highest BCUT2D eigenvalue weighted by atomic mass is 79.9. The summed E-state index contributed by atoms with van der Waals surface area (Å²) < 4.78 is 1.19. The molecule has 0 heterocycles. The van der Waals surface area contributed by atoms with Crippen LogP contribution in [0.25, 0.3) is 0 Å². The smallest absolute Gasteiger partial charge is 0.0349 e. The molecule has 106 valence electrons. The normalized spacial score (nSPS) is 29.2. The van der Waals surface area contributed by atoms with Gasteiger partial charge in [0, 0.05) is 10.5 Å². The summed E-state index contributed by atoms with van der Waals surface area (Å²) in [6.45, 7) is 8.07. The molecule has 2 rings (SSSR count). The highest BCUT2D eigenvalue weighted by Crippen LogP contribution is 2.40. The van der Waals surface area contributed by atoms with Gasteiger partial charge in [-0.3, -0.25) is 0 Å². The van der Waals surface area contributed by atoms with E-state index in [4.69, 9.17) is 0 Å². The molecule has 1 aliphatic carbocycles. The zero-order valence-corrected chi connectivity index (χ0v) is 13.9. The van der Waals surface area contributed by atoms with Crippen molar-refractivity contribution >= 4 is 15.9 Å². The summed E-state index contributed by atoms with van der Waals surface area (Å²) in [5.74, 6) is 2.52. The van der Waals surface area contributed by atoms with E-state index in [1.165, 1.54) is 29.3 Å². The molecule has 0 bridgehead atoms. The Morgan fingerprint density at radius 1 is 1.26 bits per heavy atom. The van der Waals surface area contributed by atoms with Gasteiger partial charge in [0.1, 0.15) is 0 Å². The van der Waals surface area contributed by atoms with Crippen molar-refractivity contribution in [2.75, 3.05) is 6.54 Å². The molecule has 1 fully saturated rings. The van der Waals surface area contributed by atoms with Gasteiger partial charge in [-0.15, -0.1) is 0 Å². The van der Waals surface area contributed by atoms with Crippen LogP contribution in [0.3, 0.4) is 0 Å². The average Bonchev–Trinajstić information content (AvgIpc) is 2.39. The number of hydrogen-bond acceptors (Lipinski definition) is 1. The van der Waals surface area contributed by atoms with E-state index in [1.807, 2.05) is 0 Å². The van der Waals surface area contributed by atoms with Gasteiger partial charge in [0.05, 0.1) is 0 Å². The summed E-state index contributed by atoms with van der Waals surface area (Å²) in [6.07, 6.45) is 4.09. The second-order valence-corrected chi connectivity index (χ2v) is 7.03. The molecule has 0 saturated heterocycles. The summed E-state index contributed by atoms with van der Waals surface area (Å²) in [5.41, 5.74) is 1.43. The largest absolute Gasteiger partial charge is 0.310 e. The number of nitrogens with one attached hydrogen (secondary N) is 1. The third-order valence-corrected chi connectivity index (χ3v) is 5.24. The molecule has 1 aliphatic rings. The average molecular weight is 324 g/mol. The van der Waals surface area contributed by atoms with Gasteiger partial charge in [-0.25, -0.2) is 0 Å². The van der Waals surface area contributed by atoms with Gasteiger partial charge < -0.3 is 5.32 Å². The van der Waals surface area contributed by atoms with Crippen LogP contribution in [0.15, 0.2) is 28.7 Å². The van der Waals surface area contributed by atoms with Gasteiger partial charge >= 0.3 is 0 Å². The number of hydrogen-bond donors (Lipinski definition) is 1. The lowest BCUT2D eigenvalue weighted by atomic mass is 9.72. The number of benzene rings is 1. The molecule has 19 heavy (non-hydrogen) atoms. The van der Waals surface area contributed by atoms with Crippen molar-refractivity contribution in [2.45, 2.75) is 46.1 Å². The lowest BCUT2D eigenvalue weighted by Gasteiger charge is -2.37. The van der Waals surface area contributed by atoms with E-state index in [0.717, 1.165) is 24.3 Å². The van der Waals surface area contributed by atoms with Crippen LogP contribution in [-0.2, 0) is 0 Å². The minimum absolute atomic E-state index is 0.512. The Morgan fingerprint density at radius 2 is 2.05 bits per heavy atom. The minimum Gasteiger partial charge on any atom is -0.310 e. The zero-order chi connectivity index (χ0) is 13.8. The summed E-state index contributed by atoms with van der Waals surface area (Å²) >= 11 is 3.60. The van der Waals surface area contributed by atoms with Crippen LogP contribution >= 0.6 is 15.9 Å². The highest BCUT2D eigenvalue weighted by molar-refractivity contribution is 9.10. The fraction of sp³-hybridized carbons (Fsp3) is 0.647. The molecular formula is C17H26BrN. The van der Waals surface area contributed by atoms with Gasteiger partial charge in [-0.2, -0.15) is 0 Å². The Hall–Kier alpha value is -0.340. The molecule has 0 amide bonds.